The SMILES string of the molecule is CN1[CH]C(OC(F)(F)F)OCC1. The first-order valence-electron chi connectivity index (χ1n) is 3.39. The van der Waals surface area contributed by atoms with E-state index >= 15 is 0 Å². The highest BCUT2D eigenvalue weighted by Crippen LogP contribution is 2.22. The van der Waals surface area contributed by atoms with Crippen LogP contribution in [-0.2, 0) is 9.47 Å². The molecule has 0 spiro atoms. The highest BCUT2D eigenvalue weighted by Gasteiger charge is 2.35. The summed E-state index contributed by atoms with van der Waals surface area (Å²) in [4.78, 5) is 1.60. The summed E-state index contributed by atoms with van der Waals surface area (Å²) in [6.45, 7) is 2.07. The first-order chi connectivity index (χ1) is 5.47. The molecular formula is C6H9F3NO2. The summed E-state index contributed by atoms with van der Waals surface area (Å²) in [6, 6.07) is 0. The molecule has 12 heavy (non-hydrogen) atoms. The Labute approximate surface area is 68.0 Å². The Morgan fingerprint density at radius 2 is 2.25 bits per heavy atom. The van der Waals surface area contributed by atoms with Crippen LogP contribution < -0.4 is 0 Å². The van der Waals surface area contributed by atoms with Gasteiger partial charge in [-0.3, -0.25) is 9.64 Å². The Balaban J connectivity index is 2.32. The Bertz CT molecular complexity index is 150. The average molecular weight is 184 g/mol. The van der Waals surface area contributed by atoms with Crippen LogP contribution in [0.3, 0.4) is 0 Å². The highest BCUT2D eigenvalue weighted by atomic mass is 19.4. The molecule has 6 heteroatoms. The van der Waals surface area contributed by atoms with Crippen molar-refractivity contribution in [2.45, 2.75) is 12.7 Å². The lowest BCUT2D eigenvalue weighted by Crippen LogP contribution is -2.39. The van der Waals surface area contributed by atoms with Crippen molar-refractivity contribution in [2.75, 3.05) is 20.2 Å². The van der Waals surface area contributed by atoms with Crippen LogP contribution in [-0.4, -0.2) is 37.8 Å². The Morgan fingerprint density at radius 1 is 1.58 bits per heavy atom. The molecule has 1 heterocycles. The van der Waals surface area contributed by atoms with E-state index in [0.29, 0.717) is 6.54 Å². The number of morpholine rings is 1. The lowest BCUT2D eigenvalue weighted by Gasteiger charge is -2.29. The Morgan fingerprint density at radius 3 is 2.75 bits per heavy atom. The van der Waals surface area contributed by atoms with Crippen molar-refractivity contribution in [2.24, 2.45) is 0 Å². The first-order valence-corrected chi connectivity index (χ1v) is 3.39. The van der Waals surface area contributed by atoms with Crippen molar-refractivity contribution in [3.63, 3.8) is 0 Å². The molecule has 0 bridgehead atoms. The summed E-state index contributed by atoms with van der Waals surface area (Å²) in [5.41, 5.74) is 0. The summed E-state index contributed by atoms with van der Waals surface area (Å²) in [7, 11) is 1.66. The summed E-state index contributed by atoms with van der Waals surface area (Å²) in [5.74, 6) is 0. The summed E-state index contributed by atoms with van der Waals surface area (Å²) in [6.07, 6.45) is -5.94. The molecule has 71 valence electrons. The molecule has 3 nitrogen and oxygen atoms in total. The van der Waals surface area contributed by atoms with Crippen LogP contribution in [0, 0.1) is 6.54 Å². The van der Waals surface area contributed by atoms with Crippen LogP contribution in [0.5, 0.6) is 0 Å². The van der Waals surface area contributed by atoms with E-state index in [2.05, 4.69) is 9.47 Å². The van der Waals surface area contributed by atoms with Gasteiger partial charge in [0.05, 0.1) is 13.2 Å². The van der Waals surface area contributed by atoms with Gasteiger partial charge in [0, 0.05) is 6.54 Å². The van der Waals surface area contributed by atoms with Crippen LogP contribution in [0.15, 0.2) is 0 Å². The quantitative estimate of drug-likeness (QED) is 0.606. The topological polar surface area (TPSA) is 21.7 Å². The molecule has 0 aliphatic carbocycles. The second-order valence-electron chi connectivity index (χ2n) is 2.43. The van der Waals surface area contributed by atoms with E-state index in [4.69, 9.17) is 0 Å². The molecule has 0 N–H and O–H groups in total. The fourth-order valence-corrected chi connectivity index (χ4v) is 0.834. The number of ether oxygens (including phenoxy) is 2. The maximum Gasteiger partial charge on any atom is 0.524 e. The molecule has 0 aromatic carbocycles. The summed E-state index contributed by atoms with van der Waals surface area (Å²) >= 11 is 0. The van der Waals surface area contributed by atoms with Crippen LogP contribution >= 0.6 is 0 Å². The van der Waals surface area contributed by atoms with Gasteiger partial charge in [-0.2, -0.15) is 0 Å². The summed E-state index contributed by atoms with van der Waals surface area (Å²) < 4.78 is 43.2. The third-order valence-corrected chi connectivity index (χ3v) is 1.35. The monoisotopic (exact) mass is 184 g/mol. The normalized spacial score (nSPS) is 27.5. The zero-order chi connectivity index (χ0) is 9.19. The van der Waals surface area contributed by atoms with Crippen molar-refractivity contribution in [1.29, 1.82) is 0 Å². The number of alkyl halides is 3. The molecule has 1 aliphatic heterocycles. The van der Waals surface area contributed by atoms with Crippen molar-refractivity contribution < 1.29 is 22.6 Å². The van der Waals surface area contributed by atoms with Crippen molar-refractivity contribution >= 4 is 0 Å². The van der Waals surface area contributed by atoms with Gasteiger partial charge in [-0.25, -0.2) is 0 Å². The molecule has 1 saturated heterocycles. The minimum Gasteiger partial charge on any atom is -0.349 e. The van der Waals surface area contributed by atoms with Gasteiger partial charge in [0.15, 0.2) is 6.29 Å². The van der Waals surface area contributed by atoms with Gasteiger partial charge in [-0.15, -0.1) is 13.2 Å². The molecule has 0 saturated carbocycles. The third kappa shape index (κ3) is 3.38. The number of halogens is 3. The molecule has 0 aromatic heterocycles. The lowest BCUT2D eigenvalue weighted by atomic mass is 10.4. The van der Waals surface area contributed by atoms with Gasteiger partial charge in [0.1, 0.15) is 0 Å². The number of likely N-dealkylation sites (N-methyl/N-ethyl adjacent to an activating group) is 1. The second kappa shape index (κ2) is 3.59. The number of rotatable bonds is 1. The standard InChI is InChI=1S/C6H9F3NO2/c1-10-2-3-11-5(4-10)12-6(7,8)9/h4-5H,2-3H2,1H3. The van der Waals surface area contributed by atoms with Crippen molar-refractivity contribution in [1.82, 2.24) is 4.90 Å². The van der Waals surface area contributed by atoms with E-state index in [0.717, 1.165) is 0 Å². The predicted molar refractivity (Wildman–Crippen MR) is 33.8 cm³/mol. The minimum absolute atomic E-state index is 0.244. The molecule has 1 rings (SSSR count). The van der Waals surface area contributed by atoms with E-state index in [1.807, 2.05) is 0 Å². The summed E-state index contributed by atoms with van der Waals surface area (Å²) in [5, 5.41) is 0. The van der Waals surface area contributed by atoms with E-state index in [9.17, 15) is 13.2 Å². The Hall–Kier alpha value is -0.330. The fraction of sp³-hybridized carbons (Fsp3) is 0.833. The molecular weight excluding hydrogens is 175 g/mol. The van der Waals surface area contributed by atoms with Gasteiger partial charge in [0.25, 0.3) is 0 Å². The zero-order valence-corrected chi connectivity index (χ0v) is 6.47. The maximum atomic E-state index is 11.6. The molecule has 0 aromatic rings. The van der Waals surface area contributed by atoms with Gasteiger partial charge in [-0.05, 0) is 7.05 Å². The second-order valence-corrected chi connectivity index (χ2v) is 2.43. The predicted octanol–water partition coefficient (Wildman–Crippen LogP) is 0.973. The minimum atomic E-state index is -4.64. The molecule has 1 radical (unpaired) electrons. The van der Waals surface area contributed by atoms with Crippen molar-refractivity contribution in [3.8, 4) is 0 Å². The largest absolute Gasteiger partial charge is 0.524 e. The van der Waals surface area contributed by atoms with Gasteiger partial charge < -0.3 is 4.74 Å². The molecule has 0 amide bonds. The number of hydrogen-bond donors (Lipinski definition) is 0. The van der Waals surface area contributed by atoms with Gasteiger partial charge >= 0.3 is 6.36 Å². The van der Waals surface area contributed by atoms with Crippen molar-refractivity contribution in [3.05, 3.63) is 6.54 Å². The maximum absolute atomic E-state index is 11.6. The van der Waals surface area contributed by atoms with Crippen LogP contribution in [0.25, 0.3) is 0 Å². The lowest BCUT2D eigenvalue weighted by molar-refractivity contribution is -0.377. The molecule has 1 unspecified atom stereocenters. The zero-order valence-electron chi connectivity index (χ0n) is 6.47. The van der Waals surface area contributed by atoms with Crippen LogP contribution in [0.1, 0.15) is 0 Å². The smallest absolute Gasteiger partial charge is 0.349 e. The average Bonchev–Trinajstić information content (AvgIpc) is 1.82. The number of nitrogens with zero attached hydrogens (tertiary/aromatic N) is 1. The highest BCUT2D eigenvalue weighted by molar-refractivity contribution is 4.73. The van der Waals surface area contributed by atoms with E-state index in [1.165, 1.54) is 6.54 Å². The molecule has 1 fully saturated rings. The third-order valence-electron chi connectivity index (χ3n) is 1.35. The van der Waals surface area contributed by atoms with E-state index < -0.39 is 12.7 Å². The molecule has 1 aliphatic rings. The van der Waals surface area contributed by atoms with E-state index in [-0.39, 0.29) is 6.61 Å². The van der Waals surface area contributed by atoms with Crippen LogP contribution in [0.4, 0.5) is 13.2 Å². The van der Waals surface area contributed by atoms with Gasteiger partial charge in [0.2, 0.25) is 0 Å². The van der Waals surface area contributed by atoms with Crippen LogP contribution in [0.2, 0.25) is 0 Å². The van der Waals surface area contributed by atoms with E-state index in [1.54, 1.807) is 11.9 Å². The number of hydrogen-bond acceptors (Lipinski definition) is 3. The van der Waals surface area contributed by atoms with Gasteiger partial charge in [-0.1, -0.05) is 0 Å². The first kappa shape index (κ1) is 9.76. The Kier molecular flexibility index (Phi) is 2.92. The molecule has 1 atom stereocenters. The fourth-order valence-electron chi connectivity index (χ4n) is 0.834.